The maximum atomic E-state index is 13.1. The van der Waals surface area contributed by atoms with Crippen LogP contribution in [0, 0.1) is 11.3 Å². The summed E-state index contributed by atoms with van der Waals surface area (Å²) in [5.74, 6) is -0.922. The third-order valence-electron chi connectivity index (χ3n) is 4.19. The van der Waals surface area contributed by atoms with Crippen LogP contribution in [0.3, 0.4) is 0 Å². The number of benzene rings is 1. The topological polar surface area (TPSA) is 76.4 Å². The lowest BCUT2D eigenvalue weighted by molar-refractivity contribution is -0.139. The molecule has 0 unspecified atom stereocenters. The number of anilines is 1. The van der Waals surface area contributed by atoms with Gasteiger partial charge in [0.25, 0.3) is 0 Å². The number of likely N-dealkylation sites (N-methyl/N-ethyl adjacent to an activating group) is 1. The number of carboxylic acids is 1. The van der Waals surface area contributed by atoms with E-state index in [0.29, 0.717) is 19.4 Å². The summed E-state index contributed by atoms with van der Waals surface area (Å²) in [4.78, 5) is 12.6. The summed E-state index contributed by atoms with van der Waals surface area (Å²) >= 11 is 0. The fraction of sp³-hybridized carbons (Fsp3) is 0.500. The average Bonchev–Trinajstić information content (AvgIpc) is 2.46. The van der Waals surface area contributed by atoms with Gasteiger partial charge in [-0.25, -0.2) is 0 Å². The molecule has 0 aliphatic heterocycles. The molecule has 1 aromatic carbocycles. The van der Waals surface area contributed by atoms with Crippen LogP contribution >= 0.6 is 0 Å². The van der Waals surface area contributed by atoms with E-state index in [1.165, 1.54) is 6.07 Å². The number of alkyl halides is 3. The Labute approximate surface area is 137 Å². The van der Waals surface area contributed by atoms with E-state index in [-0.39, 0.29) is 29.9 Å². The molecule has 0 spiro atoms. The minimum absolute atomic E-state index is 0.0390. The molecule has 130 valence electrons. The second-order valence-electron chi connectivity index (χ2n) is 5.79. The van der Waals surface area contributed by atoms with Crippen molar-refractivity contribution in [3.05, 3.63) is 29.3 Å². The van der Waals surface area contributed by atoms with Gasteiger partial charge in [-0.15, -0.1) is 0 Å². The molecule has 0 atom stereocenters. The maximum absolute atomic E-state index is 13.1. The number of nitrogens with zero attached hydrogens (tertiary/aromatic N) is 2. The Morgan fingerprint density at radius 2 is 2.12 bits per heavy atom. The van der Waals surface area contributed by atoms with Gasteiger partial charge in [-0.3, -0.25) is 9.69 Å². The molecule has 1 aliphatic carbocycles. The minimum atomic E-state index is -4.50. The Balaban J connectivity index is 2.05. The van der Waals surface area contributed by atoms with Crippen LogP contribution in [0.2, 0.25) is 0 Å². The molecule has 1 fully saturated rings. The third kappa shape index (κ3) is 4.17. The van der Waals surface area contributed by atoms with E-state index in [2.05, 4.69) is 5.32 Å². The first-order chi connectivity index (χ1) is 11.2. The van der Waals surface area contributed by atoms with Gasteiger partial charge < -0.3 is 10.4 Å². The summed E-state index contributed by atoms with van der Waals surface area (Å²) in [6.45, 7) is 2.34. The Morgan fingerprint density at radius 3 is 2.62 bits per heavy atom. The lowest BCUT2D eigenvalue weighted by Crippen LogP contribution is -2.51. The number of hydrogen-bond acceptors (Lipinski definition) is 4. The van der Waals surface area contributed by atoms with Gasteiger partial charge in [0.1, 0.15) is 0 Å². The SMILES string of the molecule is CCN(CC(=O)O)C1CC(Nc2cc(C#N)ccc2C(F)(F)F)C1. The normalized spacial score (nSPS) is 20.3. The van der Waals surface area contributed by atoms with E-state index in [4.69, 9.17) is 10.4 Å². The molecule has 1 saturated carbocycles. The van der Waals surface area contributed by atoms with E-state index < -0.39 is 17.7 Å². The zero-order chi connectivity index (χ0) is 17.9. The van der Waals surface area contributed by atoms with E-state index >= 15 is 0 Å². The van der Waals surface area contributed by atoms with Gasteiger partial charge in [0.05, 0.1) is 23.7 Å². The molecular weight excluding hydrogens is 323 g/mol. The zero-order valence-corrected chi connectivity index (χ0v) is 13.1. The van der Waals surface area contributed by atoms with Crippen LogP contribution in [-0.2, 0) is 11.0 Å². The van der Waals surface area contributed by atoms with Crippen molar-refractivity contribution in [3.8, 4) is 6.07 Å². The van der Waals surface area contributed by atoms with Crippen LogP contribution < -0.4 is 5.32 Å². The smallest absolute Gasteiger partial charge is 0.418 e. The number of aliphatic carboxylic acids is 1. The Morgan fingerprint density at radius 1 is 1.46 bits per heavy atom. The number of hydrogen-bond donors (Lipinski definition) is 2. The highest BCUT2D eigenvalue weighted by Crippen LogP contribution is 2.37. The van der Waals surface area contributed by atoms with Crippen molar-refractivity contribution in [3.63, 3.8) is 0 Å². The van der Waals surface area contributed by atoms with Crippen molar-refractivity contribution in [2.24, 2.45) is 0 Å². The Bertz CT molecular complexity index is 649. The number of carbonyl (C=O) groups is 1. The summed E-state index contributed by atoms with van der Waals surface area (Å²) < 4.78 is 39.2. The summed E-state index contributed by atoms with van der Waals surface area (Å²) in [6.07, 6.45) is -3.37. The standard InChI is InChI=1S/C16H18F3N3O2/c1-2-22(9-15(23)24)12-6-11(7-12)21-14-5-10(8-20)3-4-13(14)16(17,18)19/h3-5,11-12,21H,2,6-7,9H2,1H3,(H,23,24). The second-order valence-corrected chi connectivity index (χ2v) is 5.79. The number of halogens is 3. The molecule has 2 rings (SSSR count). The average molecular weight is 341 g/mol. The quantitative estimate of drug-likeness (QED) is 0.832. The number of nitriles is 1. The molecule has 0 amide bonds. The summed E-state index contributed by atoms with van der Waals surface area (Å²) in [6, 6.07) is 4.94. The van der Waals surface area contributed by atoms with E-state index in [0.717, 1.165) is 12.1 Å². The van der Waals surface area contributed by atoms with Crippen molar-refractivity contribution in [1.29, 1.82) is 5.26 Å². The molecular formula is C16H18F3N3O2. The highest BCUT2D eigenvalue weighted by Gasteiger charge is 2.37. The lowest BCUT2D eigenvalue weighted by atomic mass is 9.85. The maximum Gasteiger partial charge on any atom is 0.418 e. The van der Waals surface area contributed by atoms with Gasteiger partial charge >= 0.3 is 12.1 Å². The molecule has 1 aromatic rings. The number of nitrogens with one attached hydrogen (secondary N) is 1. The highest BCUT2D eigenvalue weighted by molar-refractivity contribution is 5.69. The number of carboxylic acid groups (broad SMARTS) is 1. The van der Waals surface area contributed by atoms with E-state index in [1.807, 2.05) is 13.0 Å². The molecule has 0 bridgehead atoms. The van der Waals surface area contributed by atoms with Gasteiger partial charge in [0.15, 0.2) is 0 Å². The van der Waals surface area contributed by atoms with Gasteiger partial charge in [-0.2, -0.15) is 18.4 Å². The van der Waals surface area contributed by atoms with Gasteiger partial charge in [0.2, 0.25) is 0 Å². The van der Waals surface area contributed by atoms with Crippen molar-refractivity contribution in [2.45, 2.75) is 38.0 Å². The molecule has 24 heavy (non-hydrogen) atoms. The van der Waals surface area contributed by atoms with Crippen LogP contribution in [0.25, 0.3) is 0 Å². The first-order valence-corrected chi connectivity index (χ1v) is 7.58. The van der Waals surface area contributed by atoms with Crippen LogP contribution in [0.4, 0.5) is 18.9 Å². The predicted molar refractivity (Wildman–Crippen MR) is 81.5 cm³/mol. The molecule has 1 aliphatic rings. The molecule has 5 nitrogen and oxygen atoms in total. The zero-order valence-electron chi connectivity index (χ0n) is 13.1. The molecule has 0 aromatic heterocycles. The molecule has 0 heterocycles. The van der Waals surface area contributed by atoms with Gasteiger partial charge in [0, 0.05) is 17.8 Å². The van der Waals surface area contributed by atoms with Crippen molar-refractivity contribution < 1.29 is 23.1 Å². The van der Waals surface area contributed by atoms with Crippen molar-refractivity contribution >= 4 is 11.7 Å². The molecule has 2 N–H and O–H groups in total. The van der Waals surface area contributed by atoms with Crippen LogP contribution in [0.1, 0.15) is 30.9 Å². The number of rotatable bonds is 6. The Kier molecular flexibility index (Phi) is 5.34. The van der Waals surface area contributed by atoms with Crippen LogP contribution in [0.15, 0.2) is 18.2 Å². The van der Waals surface area contributed by atoms with E-state index in [1.54, 1.807) is 4.90 Å². The third-order valence-corrected chi connectivity index (χ3v) is 4.19. The van der Waals surface area contributed by atoms with Gasteiger partial charge in [-0.1, -0.05) is 6.92 Å². The largest absolute Gasteiger partial charge is 0.480 e. The summed E-state index contributed by atoms with van der Waals surface area (Å²) in [7, 11) is 0. The lowest BCUT2D eigenvalue weighted by Gasteiger charge is -2.43. The van der Waals surface area contributed by atoms with Crippen LogP contribution in [0.5, 0.6) is 0 Å². The first kappa shape index (κ1) is 18.1. The molecule has 0 radical (unpaired) electrons. The fourth-order valence-corrected chi connectivity index (χ4v) is 2.88. The van der Waals surface area contributed by atoms with Crippen molar-refractivity contribution in [2.75, 3.05) is 18.4 Å². The minimum Gasteiger partial charge on any atom is -0.480 e. The Hall–Kier alpha value is -2.27. The second kappa shape index (κ2) is 7.09. The predicted octanol–water partition coefficient (Wildman–Crippen LogP) is 2.93. The van der Waals surface area contributed by atoms with E-state index in [9.17, 15) is 18.0 Å². The monoisotopic (exact) mass is 341 g/mol. The summed E-state index contributed by atoms with van der Waals surface area (Å²) in [5.41, 5.74) is -0.753. The molecule has 8 heteroatoms. The first-order valence-electron chi connectivity index (χ1n) is 7.58. The molecule has 0 saturated heterocycles. The fourth-order valence-electron chi connectivity index (χ4n) is 2.88. The van der Waals surface area contributed by atoms with Gasteiger partial charge in [-0.05, 0) is 37.6 Å². The highest BCUT2D eigenvalue weighted by atomic mass is 19.4. The summed E-state index contributed by atoms with van der Waals surface area (Å²) in [5, 5.41) is 20.6. The van der Waals surface area contributed by atoms with Crippen molar-refractivity contribution in [1.82, 2.24) is 4.90 Å². The van der Waals surface area contributed by atoms with Crippen LogP contribution in [-0.4, -0.2) is 41.1 Å².